The highest BCUT2D eigenvalue weighted by Gasteiger charge is 2.55. The van der Waals surface area contributed by atoms with E-state index < -0.39 is 5.60 Å². The van der Waals surface area contributed by atoms with Gasteiger partial charge < -0.3 is 14.6 Å². The van der Waals surface area contributed by atoms with Crippen molar-refractivity contribution in [3.63, 3.8) is 0 Å². The molecule has 0 aliphatic heterocycles. The fourth-order valence-corrected chi connectivity index (χ4v) is 5.17. The number of rotatable bonds is 7. The molecule has 3 atom stereocenters. The van der Waals surface area contributed by atoms with Crippen LogP contribution in [-0.4, -0.2) is 22.4 Å². The Balaban J connectivity index is 2.27. The quantitative estimate of drug-likeness (QED) is 0.773. The first kappa shape index (κ1) is 18.5. The van der Waals surface area contributed by atoms with E-state index in [0.29, 0.717) is 5.92 Å². The summed E-state index contributed by atoms with van der Waals surface area (Å²) in [5.74, 6) is 0.336. The third-order valence-corrected chi connectivity index (χ3v) is 6.70. The molecule has 0 aromatic carbocycles. The maximum atomic E-state index is 11.6. The van der Waals surface area contributed by atoms with Gasteiger partial charge in [-0.15, -0.1) is 0 Å². The molecule has 1 aromatic heterocycles. The van der Waals surface area contributed by atoms with Gasteiger partial charge in [0.25, 0.3) is 0 Å². The summed E-state index contributed by atoms with van der Waals surface area (Å²) >= 11 is 0. The molecular weight excluding hydrogens is 288 g/mol. The molecule has 2 N–H and O–H groups in total. The molecule has 1 heterocycles. The third kappa shape index (κ3) is 3.51. The van der Waals surface area contributed by atoms with Crippen LogP contribution in [0.15, 0.2) is 23.0 Å². The van der Waals surface area contributed by atoms with Crippen molar-refractivity contribution in [3.05, 3.63) is 24.2 Å². The molecule has 132 valence electrons. The molecule has 0 bridgehead atoms. The maximum Gasteiger partial charge on any atom is 0.0934 e. The number of hydrogen-bond donors (Lipinski definition) is 2. The Bertz CT molecular complexity index is 479. The second-order valence-corrected chi connectivity index (χ2v) is 8.34. The molecule has 1 aliphatic carbocycles. The molecule has 1 saturated carbocycles. The van der Waals surface area contributed by atoms with Gasteiger partial charge in [0, 0.05) is 6.61 Å². The summed E-state index contributed by atoms with van der Waals surface area (Å²) in [5, 5.41) is 21.2. The summed E-state index contributed by atoms with van der Waals surface area (Å²) in [7, 11) is 0. The highest BCUT2D eigenvalue weighted by Crippen LogP contribution is 2.58. The average Bonchev–Trinajstić information content (AvgIpc) is 3.02. The van der Waals surface area contributed by atoms with Crippen LogP contribution in [0.3, 0.4) is 0 Å². The van der Waals surface area contributed by atoms with Crippen molar-refractivity contribution in [2.45, 2.75) is 78.2 Å². The van der Waals surface area contributed by atoms with Crippen molar-refractivity contribution >= 4 is 0 Å². The standard InChI is InChI=1S/C20H34O3/c1-5-20(22,12-7-16-9-14-23-15-16)19(4)11-6-10-18(2,3)17(19)8-13-21/h9,14-15,17,21-22H,5-8,10-13H2,1-4H3/t17-,19-,20-/m0/s1. The largest absolute Gasteiger partial charge is 0.472 e. The maximum absolute atomic E-state index is 11.6. The average molecular weight is 322 g/mol. The van der Waals surface area contributed by atoms with Crippen molar-refractivity contribution in [3.8, 4) is 0 Å². The van der Waals surface area contributed by atoms with Gasteiger partial charge in [-0.05, 0) is 66.9 Å². The second kappa shape index (κ2) is 6.98. The Labute approximate surface area is 141 Å². The minimum atomic E-state index is -0.707. The van der Waals surface area contributed by atoms with Crippen LogP contribution in [0.4, 0.5) is 0 Å². The summed E-state index contributed by atoms with van der Waals surface area (Å²) in [6.45, 7) is 9.16. The van der Waals surface area contributed by atoms with Gasteiger partial charge in [-0.3, -0.25) is 0 Å². The Kier molecular flexibility index (Phi) is 5.63. The molecule has 1 aromatic rings. The monoisotopic (exact) mass is 322 g/mol. The van der Waals surface area contributed by atoms with Gasteiger partial charge in [-0.1, -0.05) is 34.1 Å². The zero-order valence-corrected chi connectivity index (χ0v) is 15.3. The van der Waals surface area contributed by atoms with Crippen LogP contribution in [0.25, 0.3) is 0 Å². The highest BCUT2D eigenvalue weighted by atomic mass is 16.3. The van der Waals surface area contributed by atoms with Crippen LogP contribution < -0.4 is 0 Å². The van der Waals surface area contributed by atoms with E-state index in [9.17, 15) is 10.2 Å². The van der Waals surface area contributed by atoms with Crippen molar-refractivity contribution in [1.82, 2.24) is 0 Å². The lowest BCUT2D eigenvalue weighted by Crippen LogP contribution is -2.56. The van der Waals surface area contributed by atoms with E-state index in [1.54, 1.807) is 12.5 Å². The molecule has 23 heavy (non-hydrogen) atoms. The zero-order chi connectivity index (χ0) is 17.1. The fraction of sp³-hybridized carbons (Fsp3) is 0.800. The van der Waals surface area contributed by atoms with Crippen LogP contribution in [0.1, 0.15) is 71.8 Å². The van der Waals surface area contributed by atoms with Crippen molar-refractivity contribution in [2.75, 3.05) is 6.61 Å². The van der Waals surface area contributed by atoms with Crippen LogP contribution in [0, 0.1) is 16.7 Å². The van der Waals surface area contributed by atoms with Crippen molar-refractivity contribution < 1.29 is 14.6 Å². The van der Waals surface area contributed by atoms with E-state index in [0.717, 1.165) is 44.1 Å². The highest BCUT2D eigenvalue weighted by molar-refractivity contribution is 5.10. The van der Waals surface area contributed by atoms with Crippen LogP contribution in [0.2, 0.25) is 0 Å². The molecule has 0 spiro atoms. The second-order valence-electron chi connectivity index (χ2n) is 8.34. The minimum Gasteiger partial charge on any atom is -0.472 e. The number of furan rings is 1. The summed E-state index contributed by atoms with van der Waals surface area (Å²) < 4.78 is 5.16. The lowest BCUT2D eigenvalue weighted by Gasteiger charge is -2.58. The van der Waals surface area contributed by atoms with E-state index in [4.69, 9.17) is 4.42 Å². The van der Waals surface area contributed by atoms with Gasteiger partial charge >= 0.3 is 0 Å². The molecule has 1 fully saturated rings. The number of hydrogen-bond acceptors (Lipinski definition) is 3. The van der Waals surface area contributed by atoms with E-state index in [2.05, 4.69) is 27.7 Å². The van der Waals surface area contributed by atoms with E-state index in [1.165, 1.54) is 6.42 Å². The smallest absolute Gasteiger partial charge is 0.0934 e. The number of aliphatic hydroxyl groups excluding tert-OH is 1. The molecule has 3 heteroatoms. The summed E-state index contributed by atoms with van der Waals surface area (Å²) in [5.41, 5.74) is 0.445. The number of aliphatic hydroxyl groups is 2. The van der Waals surface area contributed by atoms with E-state index in [-0.39, 0.29) is 17.4 Å². The molecule has 0 amide bonds. The molecule has 0 saturated heterocycles. The first-order valence-corrected chi connectivity index (χ1v) is 9.13. The van der Waals surface area contributed by atoms with Crippen LogP contribution >= 0.6 is 0 Å². The Morgan fingerprint density at radius 3 is 2.61 bits per heavy atom. The summed E-state index contributed by atoms with van der Waals surface area (Å²) in [4.78, 5) is 0. The third-order valence-electron chi connectivity index (χ3n) is 6.70. The molecule has 0 radical (unpaired) electrons. The lowest BCUT2D eigenvalue weighted by molar-refractivity contribution is -0.165. The van der Waals surface area contributed by atoms with Gasteiger partial charge in [0.05, 0.1) is 18.1 Å². The lowest BCUT2D eigenvalue weighted by atomic mass is 9.49. The SMILES string of the molecule is CC[C@](O)(CCc1ccoc1)[C@@]1(C)CCCC(C)(C)[C@@H]1CCO. The molecule has 0 unspecified atom stereocenters. The fourth-order valence-electron chi connectivity index (χ4n) is 5.17. The van der Waals surface area contributed by atoms with Gasteiger partial charge in [-0.25, -0.2) is 0 Å². The zero-order valence-electron chi connectivity index (χ0n) is 15.3. The minimum absolute atomic E-state index is 0.157. The molecular formula is C20H34O3. The first-order chi connectivity index (χ1) is 10.8. The van der Waals surface area contributed by atoms with Crippen molar-refractivity contribution in [2.24, 2.45) is 16.7 Å². The van der Waals surface area contributed by atoms with Crippen LogP contribution in [0.5, 0.6) is 0 Å². The first-order valence-electron chi connectivity index (χ1n) is 9.13. The topological polar surface area (TPSA) is 53.6 Å². The molecule has 1 aliphatic rings. The summed E-state index contributed by atoms with van der Waals surface area (Å²) in [6, 6.07) is 1.98. The van der Waals surface area contributed by atoms with Crippen molar-refractivity contribution in [1.29, 1.82) is 0 Å². The Morgan fingerprint density at radius 2 is 2.04 bits per heavy atom. The normalized spacial score (nSPS) is 30.1. The van der Waals surface area contributed by atoms with Gasteiger partial charge in [-0.2, -0.15) is 0 Å². The Morgan fingerprint density at radius 1 is 1.30 bits per heavy atom. The van der Waals surface area contributed by atoms with Gasteiger partial charge in [0.2, 0.25) is 0 Å². The predicted molar refractivity (Wildman–Crippen MR) is 93.2 cm³/mol. The van der Waals surface area contributed by atoms with Crippen LogP contribution in [-0.2, 0) is 6.42 Å². The van der Waals surface area contributed by atoms with E-state index >= 15 is 0 Å². The summed E-state index contributed by atoms with van der Waals surface area (Å²) in [6.07, 6.45) is 9.94. The molecule has 2 rings (SSSR count). The Hall–Kier alpha value is -0.800. The van der Waals surface area contributed by atoms with Gasteiger partial charge in [0.15, 0.2) is 0 Å². The molecule has 3 nitrogen and oxygen atoms in total. The predicted octanol–water partition coefficient (Wildman–Crippen LogP) is 4.57. The number of aryl methyl sites for hydroxylation is 1. The van der Waals surface area contributed by atoms with Gasteiger partial charge in [0.1, 0.15) is 0 Å². The van der Waals surface area contributed by atoms with E-state index in [1.807, 2.05) is 6.07 Å².